The average Bonchev–Trinajstić information content (AvgIpc) is 3.28. The third-order valence-corrected chi connectivity index (χ3v) is 7.77. The molecular weight excluding hydrogens is 481 g/mol. The molecule has 2 aromatic carbocycles. The van der Waals surface area contributed by atoms with Crippen molar-refractivity contribution in [3.63, 3.8) is 0 Å². The Hall–Kier alpha value is -2.49. The number of esters is 1. The topological polar surface area (TPSA) is 119 Å². The van der Waals surface area contributed by atoms with Crippen molar-refractivity contribution in [3.8, 4) is 17.2 Å². The number of aromatic hydroxyl groups is 1. The molecule has 0 spiro atoms. The molecule has 1 aliphatic carbocycles. The summed E-state index contributed by atoms with van der Waals surface area (Å²) in [6, 6.07) is 6.47. The summed E-state index contributed by atoms with van der Waals surface area (Å²) in [6.45, 7) is 1.62. The fourth-order valence-corrected chi connectivity index (χ4v) is 5.91. The standard InChI is InChI=1S/C21H21Cl2NO7S/c1-2-30-21(27)20(26)24-12-9-15(22)19(16(23)10-12)31-13-7-8-17(25)18(11-13)32(28,29)14-5-3-4-6-14/h7-11,14,25H,2-6H2,1H3,(H,24,26). The molecule has 3 rings (SSSR count). The number of rotatable bonds is 6. The molecule has 1 fully saturated rings. The molecule has 0 saturated heterocycles. The van der Waals surface area contributed by atoms with E-state index >= 15 is 0 Å². The smallest absolute Gasteiger partial charge is 0.397 e. The molecule has 0 bridgehead atoms. The van der Waals surface area contributed by atoms with Crippen LogP contribution in [0.4, 0.5) is 5.69 Å². The summed E-state index contributed by atoms with van der Waals surface area (Å²) < 4.78 is 36.1. The van der Waals surface area contributed by atoms with E-state index in [1.807, 2.05) is 0 Å². The van der Waals surface area contributed by atoms with E-state index in [4.69, 9.17) is 27.9 Å². The Morgan fingerprint density at radius 1 is 1.12 bits per heavy atom. The van der Waals surface area contributed by atoms with Gasteiger partial charge in [0.25, 0.3) is 0 Å². The molecule has 0 heterocycles. The zero-order valence-electron chi connectivity index (χ0n) is 17.1. The highest BCUT2D eigenvalue weighted by atomic mass is 35.5. The van der Waals surface area contributed by atoms with E-state index < -0.39 is 27.0 Å². The van der Waals surface area contributed by atoms with Crippen molar-refractivity contribution >= 4 is 50.6 Å². The number of sulfone groups is 1. The van der Waals surface area contributed by atoms with Gasteiger partial charge < -0.3 is 19.9 Å². The Morgan fingerprint density at radius 3 is 2.34 bits per heavy atom. The van der Waals surface area contributed by atoms with Crippen LogP contribution in [0.15, 0.2) is 35.2 Å². The summed E-state index contributed by atoms with van der Waals surface area (Å²) in [7, 11) is -3.72. The number of amides is 1. The van der Waals surface area contributed by atoms with E-state index in [1.165, 1.54) is 30.3 Å². The third-order valence-electron chi connectivity index (χ3n) is 4.92. The first-order valence-electron chi connectivity index (χ1n) is 9.85. The summed E-state index contributed by atoms with van der Waals surface area (Å²) in [5.41, 5.74) is 0.139. The van der Waals surface area contributed by atoms with E-state index in [9.17, 15) is 23.1 Å². The van der Waals surface area contributed by atoms with Gasteiger partial charge in [-0.25, -0.2) is 13.2 Å². The maximum atomic E-state index is 12.9. The molecule has 8 nitrogen and oxygen atoms in total. The van der Waals surface area contributed by atoms with Crippen molar-refractivity contribution in [2.24, 2.45) is 0 Å². The first-order chi connectivity index (χ1) is 15.1. The van der Waals surface area contributed by atoms with Gasteiger partial charge in [0.2, 0.25) is 0 Å². The van der Waals surface area contributed by atoms with Crippen LogP contribution in [-0.4, -0.2) is 37.3 Å². The minimum absolute atomic E-state index is 0.00457. The molecule has 0 aliphatic heterocycles. The van der Waals surface area contributed by atoms with Gasteiger partial charge in [-0.15, -0.1) is 0 Å². The summed E-state index contributed by atoms with van der Waals surface area (Å²) in [5, 5.41) is 11.9. The molecule has 1 saturated carbocycles. The second-order valence-corrected chi connectivity index (χ2v) is 10.1. The van der Waals surface area contributed by atoms with Gasteiger partial charge in [0.05, 0.1) is 21.9 Å². The number of benzene rings is 2. The molecule has 172 valence electrons. The van der Waals surface area contributed by atoms with Crippen LogP contribution in [0.1, 0.15) is 32.6 Å². The van der Waals surface area contributed by atoms with E-state index in [-0.39, 0.29) is 44.5 Å². The monoisotopic (exact) mass is 501 g/mol. The van der Waals surface area contributed by atoms with Crippen molar-refractivity contribution in [2.45, 2.75) is 42.8 Å². The maximum absolute atomic E-state index is 12.9. The molecule has 1 aliphatic rings. The SMILES string of the molecule is CCOC(=O)C(=O)Nc1cc(Cl)c(Oc2ccc(O)c(S(=O)(=O)C3CCCC3)c2)c(Cl)c1. The molecule has 2 N–H and O–H groups in total. The molecule has 11 heteroatoms. The highest BCUT2D eigenvalue weighted by Crippen LogP contribution is 2.41. The van der Waals surface area contributed by atoms with Gasteiger partial charge >= 0.3 is 11.9 Å². The lowest BCUT2D eigenvalue weighted by molar-refractivity contribution is -0.152. The number of hydrogen-bond acceptors (Lipinski definition) is 7. The molecule has 0 atom stereocenters. The second kappa shape index (κ2) is 9.97. The van der Waals surface area contributed by atoms with Gasteiger partial charge in [0.1, 0.15) is 16.4 Å². The van der Waals surface area contributed by atoms with Crippen LogP contribution in [0, 0.1) is 0 Å². The van der Waals surface area contributed by atoms with Crippen molar-refractivity contribution in [2.75, 3.05) is 11.9 Å². The number of hydrogen-bond donors (Lipinski definition) is 2. The fourth-order valence-electron chi connectivity index (χ4n) is 3.39. The lowest BCUT2D eigenvalue weighted by Gasteiger charge is -2.15. The Bertz CT molecular complexity index is 1120. The van der Waals surface area contributed by atoms with Crippen LogP contribution in [0.3, 0.4) is 0 Å². The third kappa shape index (κ3) is 5.28. The van der Waals surface area contributed by atoms with Crippen molar-refractivity contribution in [1.29, 1.82) is 0 Å². The predicted octanol–water partition coefficient (Wildman–Crippen LogP) is 4.71. The molecule has 0 radical (unpaired) electrons. The fraction of sp³-hybridized carbons (Fsp3) is 0.333. The Morgan fingerprint density at radius 2 is 1.75 bits per heavy atom. The highest BCUT2D eigenvalue weighted by Gasteiger charge is 2.32. The molecule has 0 aromatic heterocycles. The summed E-state index contributed by atoms with van der Waals surface area (Å²) in [4.78, 5) is 23.0. The molecule has 1 amide bonds. The molecule has 2 aromatic rings. The van der Waals surface area contributed by atoms with Gasteiger partial charge in [0.15, 0.2) is 15.6 Å². The van der Waals surface area contributed by atoms with E-state index in [1.54, 1.807) is 6.92 Å². The van der Waals surface area contributed by atoms with Crippen LogP contribution in [0.5, 0.6) is 17.2 Å². The van der Waals surface area contributed by atoms with Gasteiger partial charge in [-0.05, 0) is 44.0 Å². The minimum Gasteiger partial charge on any atom is -0.507 e. The number of phenols is 1. The number of phenolic OH excluding ortho intramolecular Hbond substituents is 1. The zero-order valence-corrected chi connectivity index (χ0v) is 19.4. The van der Waals surface area contributed by atoms with Crippen molar-refractivity contribution in [1.82, 2.24) is 0 Å². The lowest BCUT2D eigenvalue weighted by Crippen LogP contribution is -2.24. The minimum atomic E-state index is -3.72. The van der Waals surface area contributed by atoms with Crippen LogP contribution < -0.4 is 10.1 Å². The lowest BCUT2D eigenvalue weighted by atomic mass is 10.2. The van der Waals surface area contributed by atoms with Crippen LogP contribution in [-0.2, 0) is 24.2 Å². The van der Waals surface area contributed by atoms with Crippen LogP contribution >= 0.6 is 23.2 Å². The maximum Gasteiger partial charge on any atom is 0.397 e. The number of ether oxygens (including phenoxy) is 2. The Kier molecular flexibility index (Phi) is 7.53. The zero-order chi connectivity index (χ0) is 23.5. The number of carbonyl (C=O) groups is 2. The van der Waals surface area contributed by atoms with Gasteiger partial charge in [-0.1, -0.05) is 36.0 Å². The normalized spacial score (nSPS) is 14.2. The quantitative estimate of drug-likeness (QED) is 0.434. The number of carbonyl (C=O) groups excluding carboxylic acids is 2. The second-order valence-electron chi connectivity index (χ2n) is 7.13. The van der Waals surface area contributed by atoms with E-state index in [2.05, 4.69) is 10.1 Å². The van der Waals surface area contributed by atoms with E-state index in [0.29, 0.717) is 12.8 Å². The summed E-state index contributed by atoms with van der Waals surface area (Å²) in [5.74, 6) is -2.30. The largest absolute Gasteiger partial charge is 0.507 e. The average molecular weight is 502 g/mol. The van der Waals surface area contributed by atoms with Crippen LogP contribution in [0.2, 0.25) is 10.0 Å². The summed E-state index contributed by atoms with van der Waals surface area (Å²) in [6.07, 6.45) is 2.74. The highest BCUT2D eigenvalue weighted by molar-refractivity contribution is 7.92. The Labute approximate surface area is 195 Å². The first kappa shape index (κ1) is 24.2. The van der Waals surface area contributed by atoms with Gasteiger partial charge in [-0.3, -0.25) is 4.79 Å². The first-order valence-corrected chi connectivity index (χ1v) is 12.2. The molecular formula is C21H21Cl2NO7S. The number of nitrogens with one attached hydrogen (secondary N) is 1. The van der Waals surface area contributed by atoms with Crippen LogP contribution in [0.25, 0.3) is 0 Å². The van der Waals surface area contributed by atoms with Gasteiger partial charge in [-0.2, -0.15) is 0 Å². The molecule has 0 unspecified atom stereocenters. The molecule has 32 heavy (non-hydrogen) atoms. The van der Waals surface area contributed by atoms with Crippen molar-refractivity contribution in [3.05, 3.63) is 40.4 Å². The van der Waals surface area contributed by atoms with E-state index in [0.717, 1.165) is 12.8 Å². The Balaban J connectivity index is 1.84. The van der Waals surface area contributed by atoms with Crippen molar-refractivity contribution < 1.29 is 32.6 Å². The summed E-state index contributed by atoms with van der Waals surface area (Å²) >= 11 is 12.5. The number of halogens is 2. The predicted molar refractivity (Wildman–Crippen MR) is 119 cm³/mol. The number of anilines is 1. The van der Waals surface area contributed by atoms with Gasteiger partial charge in [0, 0.05) is 11.8 Å².